The molecular formula is C49H85NO3. The van der Waals surface area contributed by atoms with Crippen LogP contribution in [0.15, 0.2) is 85.1 Å². The summed E-state index contributed by atoms with van der Waals surface area (Å²) in [4.78, 5) is 12.4. The van der Waals surface area contributed by atoms with E-state index in [-0.39, 0.29) is 12.5 Å². The van der Waals surface area contributed by atoms with E-state index in [9.17, 15) is 15.0 Å². The van der Waals surface area contributed by atoms with Crippen LogP contribution in [-0.2, 0) is 4.79 Å². The van der Waals surface area contributed by atoms with Crippen molar-refractivity contribution < 1.29 is 15.0 Å². The molecule has 0 aliphatic rings. The molecule has 2 atom stereocenters. The molecule has 0 aliphatic heterocycles. The van der Waals surface area contributed by atoms with E-state index in [2.05, 4.69) is 92.1 Å². The second kappa shape index (κ2) is 44.0. The number of carbonyl (C=O) groups is 1. The fourth-order valence-corrected chi connectivity index (χ4v) is 6.20. The molecule has 0 saturated heterocycles. The zero-order valence-corrected chi connectivity index (χ0v) is 34.8. The number of hydrogen-bond acceptors (Lipinski definition) is 3. The Morgan fingerprint density at radius 3 is 1.32 bits per heavy atom. The average molecular weight is 736 g/mol. The van der Waals surface area contributed by atoms with E-state index in [0.717, 1.165) is 77.0 Å². The maximum Gasteiger partial charge on any atom is 0.220 e. The maximum atomic E-state index is 12.4. The molecule has 0 aromatic carbocycles. The first-order valence-electron chi connectivity index (χ1n) is 22.3. The number of aliphatic hydroxyl groups excluding tert-OH is 2. The largest absolute Gasteiger partial charge is 0.394 e. The van der Waals surface area contributed by atoms with Gasteiger partial charge < -0.3 is 15.5 Å². The van der Waals surface area contributed by atoms with Gasteiger partial charge in [0.2, 0.25) is 5.91 Å². The van der Waals surface area contributed by atoms with Crippen LogP contribution >= 0.6 is 0 Å². The van der Waals surface area contributed by atoms with Gasteiger partial charge in [-0.25, -0.2) is 0 Å². The third kappa shape index (κ3) is 40.6. The first-order valence-corrected chi connectivity index (χ1v) is 22.3. The van der Waals surface area contributed by atoms with Gasteiger partial charge in [-0.1, -0.05) is 195 Å². The van der Waals surface area contributed by atoms with Crippen molar-refractivity contribution in [1.82, 2.24) is 5.32 Å². The Kier molecular flexibility index (Phi) is 42.0. The molecule has 2 unspecified atom stereocenters. The van der Waals surface area contributed by atoms with E-state index in [0.29, 0.717) is 6.42 Å². The zero-order valence-electron chi connectivity index (χ0n) is 34.8. The van der Waals surface area contributed by atoms with Crippen LogP contribution in [0.1, 0.15) is 200 Å². The van der Waals surface area contributed by atoms with E-state index in [1.807, 2.05) is 6.08 Å². The number of hydrogen-bond donors (Lipinski definition) is 3. The quantitative estimate of drug-likeness (QED) is 0.0435. The molecule has 0 aromatic heterocycles. The molecule has 0 aliphatic carbocycles. The van der Waals surface area contributed by atoms with Crippen LogP contribution < -0.4 is 5.32 Å². The Bertz CT molecular complexity index is 972. The molecule has 4 heteroatoms. The summed E-state index contributed by atoms with van der Waals surface area (Å²) in [5, 5.41) is 23.0. The molecule has 3 N–H and O–H groups in total. The molecule has 0 radical (unpaired) electrons. The molecule has 0 fully saturated rings. The standard InChI is InChI=1S/C49H85NO3/c1-3-5-7-9-11-13-15-17-19-21-23-24-25-27-28-30-32-34-36-38-40-42-44-48(52)47(46-51)50-49(53)45-43-41-39-37-35-33-31-29-26-22-20-18-16-14-12-10-8-6-4-2/h6,8,12,14,18,20,26-29,34,36,42,44,47-48,51-52H,3-5,7,9-11,13,15-17,19,21-25,30-33,35,37-41,43,45-46H2,1-2H3,(H,50,53)/b8-6-,14-12-,20-18-,28-27+,29-26-,36-34+,44-42+. The minimum Gasteiger partial charge on any atom is -0.394 e. The third-order valence-corrected chi connectivity index (χ3v) is 9.59. The maximum absolute atomic E-state index is 12.4. The van der Waals surface area contributed by atoms with Gasteiger partial charge in [-0.2, -0.15) is 0 Å². The van der Waals surface area contributed by atoms with Gasteiger partial charge in [-0.05, 0) is 83.5 Å². The van der Waals surface area contributed by atoms with E-state index in [1.165, 1.54) is 103 Å². The van der Waals surface area contributed by atoms with E-state index < -0.39 is 12.1 Å². The lowest BCUT2D eigenvalue weighted by Gasteiger charge is -2.19. The topological polar surface area (TPSA) is 69.6 Å². The van der Waals surface area contributed by atoms with Crippen molar-refractivity contribution in [2.45, 2.75) is 212 Å². The smallest absolute Gasteiger partial charge is 0.220 e. The number of aliphatic hydroxyl groups is 2. The van der Waals surface area contributed by atoms with Crippen molar-refractivity contribution in [2.75, 3.05) is 6.61 Å². The molecular weight excluding hydrogens is 651 g/mol. The summed E-state index contributed by atoms with van der Waals surface area (Å²) in [6.45, 7) is 4.17. The zero-order chi connectivity index (χ0) is 38.6. The van der Waals surface area contributed by atoms with Crippen LogP contribution in [-0.4, -0.2) is 34.9 Å². The van der Waals surface area contributed by atoms with Crippen LogP contribution in [0.2, 0.25) is 0 Å². The Balaban J connectivity index is 3.70. The first-order chi connectivity index (χ1) is 26.2. The lowest BCUT2D eigenvalue weighted by Crippen LogP contribution is -2.45. The van der Waals surface area contributed by atoms with Crippen LogP contribution in [0.5, 0.6) is 0 Å². The van der Waals surface area contributed by atoms with Crippen LogP contribution in [0, 0.1) is 0 Å². The number of rotatable bonds is 39. The monoisotopic (exact) mass is 736 g/mol. The molecule has 0 bridgehead atoms. The number of allylic oxidation sites excluding steroid dienone is 13. The molecule has 1 amide bonds. The molecule has 304 valence electrons. The fourth-order valence-electron chi connectivity index (χ4n) is 6.20. The third-order valence-electron chi connectivity index (χ3n) is 9.59. The van der Waals surface area contributed by atoms with Crippen molar-refractivity contribution >= 4 is 5.91 Å². The van der Waals surface area contributed by atoms with Crippen molar-refractivity contribution in [3.05, 3.63) is 85.1 Å². The van der Waals surface area contributed by atoms with Crippen molar-refractivity contribution in [3.8, 4) is 0 Å². The van der Waals surface area contributed by atoms with E-state index >= 15 is 0 Å². The molecule has 0 heterocycles. The summed E-state index contributed by atoms with van der Waals surface area (Å²) in [5.74, 6) is -0.0955. The highest BCUT2D eigenvalue weighted by molar-refractivity contribution is 5.76. The summed E-state index contributed by atoms with van der Waals surface area (Å²) < 4.78 is 0. The van der Waals surface area contributed by atoms with Crippen LogP contribution in [0.4, 0.5) is 0 Å². The van der Waals surface area contributed by atoms with Gasteiger partial charge in [0.15, 0.2) is 0 Å². The van der Waals surface area contributed by atoms with Crippen molar-refractivity contribution in [1.29, 1.82) is 0 Å². The van der Waals surface area contributed by atoms with Gasteiger partial charge in [0.05, 0.1) is 18.8 Å². The first kappa shape index (κ1) is 50.6. The van der Waals surface area contributed by atoms with Gasteiger partial charge in [0, 0.05) is 6.42 Å². The van der Waals surface area contributed by atoms with Crippen LogP contribution in [0.25, 0.3) is 0 Å². The minimum absolute atomic E-state index is 0.0955. The highest BCUT2D eigenvalue weighted by Gasteiger charge is 2.17. The van der Waals surface area contributed by atoms with E-state index in [4.69, 9.17) is 0 Å². The number of unbranched alkanes of at least 4 members (excludes halogenated alkanes) is 20. The van der Waals surface area contributed by atoms with Gasteiger partial charge in [-0.15, -0.1) is 0 Å². The van der Waals surface area contributed by atoms with Crippen LogP contribution in [0.3, 0.4) is 0 Å². The van der Waals surface area contributed by atoms with Gasteiger partial charge in [-0.3, -0.25) is 4.79 Å². The second-order valence-electron chi connectivity index (χ2n) is 14.7. The normalized spacial score (nSPS) is 13.8. The molecule has 0 aromatic rings. The predicted octanol–water partition coefficient (Wildman–Crippen LogP) is 14.1. The number of amides is 1. The Morgan fingerprint density at radius 2 is 0.849 bits per heavy atom. The summed E-state index contributed by atoms with van der Waals surface area (Å²) in [5.41, 5.74) is 0. The molecule has 53 heavy (non-hydrogen) atoms. The Morgan fingerprint density at radius 1 is 0.472 bits per heavy atom. The number of nitrogens with one attached hydrogen (secondary N) is 1. The predicted molar refractivity (Wildman–Crippen MR) is 234 cm³/mol. The lowest BCUT2D eigenvalue weighted by molar-refractivity contribution is -0.123. The molecule has 0 saturated carbocycles. The summed E-state index contributed by atoms with van der Waals surface area (Å²) in [6, 6.07) is -0.658. The van der Waals surface area contributed by atoms with Gasteiger partial charge in [0.1, 0.15) is 0 Å². The SMILES string of the molecule is CC/C=C\C/C=C\C/C=C\C/C=C\CCCCCCCCC(=O)NC(CO)C(O)/C=C/CC/C=C/CC/C=C/CCCCCCCCCCCCCC. The fraction of sp³-hybridized carbons (Fsp3) is 0.694. The minimum atomic E-state index is -0.881. The average Bonchev–Trinajstić information content (AvgIpc) is 3.16. The Labute approximate surface area is 329 Å². The van der Waals surface area contributed by atoms with Gasteiger partial charge >= 0.3 is 0 Å². The Hall–Kier alpha value is -2.43. The molecule has 4 nitrogen and oxygen atoms in total. The summed E-state index contributed by atoms with van der Waals surface area (Å²) in [7, 11) is 0. The second-order valence-corrected chi connectivity index (χ2v) is 14.7. The lowest BCUT2D eigenvalue weighted by atomic mass is 10.0. The van der Waals surface area contributed by atoms with Crippen molar-refractivity contribution in [2.24, 2.45) is 0 Å². The van der Waals surface area contributed by atoms with Crippen molar-refractivity contribution in [3.63, 3.8) is 0 Å². The number of carbonyl (C=O) groups excluding carboxylic acids is 1. The van der Waals surface area contributed by atoms with E-state index in [1.54, 1.807) is 6.08 Å². The van der Waals surface area contributed by atoms with Gasteiger partial charge in [0.25, 0.3) is 0 Å². The summed E-state index contributed by atoms with van der Waals surface area (Å²) >= 11 is 0. The summed E-state index contributed by atoms with van der Waals surface area (Å²) in [6.07, 6.45) is 64.0. The molecule has 0 rings (SSSR count). The highest BCUT2D eigenvalue weighted by Crippen LogP contribution is 2.13. The molecule has 0 spiro atoms. The highest BCUT2D eigenvalue weighted by atomic mass is 16.3.